The van der Waals surface area contributed by atoms with Crippen LogP contribution in [0.1, 0.15) is 20.7 Å². The van der Waals surface area contributed by atoms with Crippen molar-refractivity contribution in [1.82, 2.24) is 0 Å². The number of hydrogen-bond donors (Lipinski definition) is 6. The lowest BCUT2D eigenvalue weighted by Gasteiger charge is -2.02. The molecule has 0 radical (unpaired) electrons. The molecule has 0 heterocycles. The van der Waals surface area contributed by atoms with Gasteiger partial charge in [-0.25, -0.2) is 9.59 Å². The Morgan fingerprint density at radius 3 is 1.27 bits per heavy atom. The van der Waals surface area contributed by atoms with Crippen LogP contribution in [-0.4, -0.2) is 22.2 Å². The first-order valence-electron chi connectivity index (χ1n) is 6.09. The van der Waals surface area contributed by atoms with Crippen molar-refractivity contribution < 1.29 is 19.8 Å². The Morgan fingerprint density at radius 1 is 0.727 bits per heavy atom. The van der Waals surface area contributed by atoms with Crippen molar-refractivity contribution in [3.63, 3.8) is 0 Å². The summed E-state index contributed by atoms with van der Waals surface area (Å²) in [6.07, 6.45) is 0. The quantitative estimate of drug-likeness (QED) is 0.366. The van der Waals surface area contributed by atoms with Crippen LogP contribution in [-0.2, 0) is 0 Å². The summed E-state index contributed by atoms with van der Waals surface area (Å²) in [4.78, 5) is 21.0. The van der Waals surface area contributed by atoms with Crippen molar-refractivity contribution in [2.75, 3.05) is 10.9 Å². The number of nitrogens with one attached hydrogen (secondary N) is 2. The predicted octanol–water partition coefficient (Wildman–Crippen LogP) is 1.34. The molecule has 0 atom stereocenters. The first kappa shape index (κ1) is 17.0. The summed E-state index contributed by atoms with van der Waals surface area (Å²) in [7, 11) is 0. The molecule has 2 rings (SSSR count). The number of anilines is 2. The summed E-state index contributed by atoms with van der Waals surface area (Å²) in [6, 6.07) is 12.9. The second-order valence-electron chi connectivity index (χ2n) is 3.99. The molecule has 22 heavy (non-hydrogen) atoms. The van der Waals surface area contributed by atoms with E-state index >= 15 is 0 Å². The van der Waals surface area contributed by atoms with E-state index in [0.717, 1.165) is 0 Å². The molecule has 116 valence electrons. The van der Waals surface area contributed by atoms with Crippen LogP contribution in [0.5, 0.6) is 0 Å². The Morgan fingerprint density at radius 2 is 1.05 bits per heavy atom. The van der Waals surface area contributed by atoms with Gasteiger partial charge in [0.25, 0.3) is 0 Å². The molecule has 0 aromatic heterocycles. The van der Waals surface area contributed by atoms with E-state index in [0.29, 0.717) is 11.4 Å². The zero-order chi connectivity index (χ0) is 16.5. The van der Waals surface area contributed by atoms with Gasteiger partial charge in [0, 0.05) is 0 Å². The largest absolute Gasteiger partial charge is 0.478 e. The molecule has 0 bridgehead atoms. The number of hydrazine groups is 2. The van der Waals surface area contributed by atoms with Gasteiger partial charge in [-0.05, 0) is 24.3 Å². The number of hydrogen-bond acceptors (Lipinski definition) is 6. The number of benzene rings is 2. The molecule has 8 N–H and O–H groups in total. The average Bonchev–Trinajstić information content (AvgIpc) is 2.55. The zero-order valence-corrected chi connectivity index (χ0v) is 11.5. The molecule has 2 aromatic rings. The lowest BCUT2D eigenvalue weighted by molar-refractivity contribution is 0.0687. The number of rotatable bonds is 4. The van der Waals surface area contributed by atoms with Crippen molar-refractivity contribution in [3.8, 4) is 0 Å². The van der Waals surface area contributed by atoms with E-state index in [9.17, 15) is 9.59 Å². The van der Waals surface area contributed by atoms with Crippen LogP contribution in [0.25, 0.3) is 0 Å². The minimum Gasteiger partial charge on any atom is -0.478 e. The molecule has 0 fully saturated rings. The first-order chi connectivity index (χ1) is 10.5. The second-order valence-corrected chi connectivity index (χ2v) is 3.99. The number of para-hydroxylation sites is 2. The van der Waals surface area contributed by atoms with Gasteiger partial charge in [0.05, 0.1) is 22.5 Å². The summed E-state index contributed by atoms with van der Waals surface area (Å²) >= 11 is 0. The highest BCUT2D eigenvalue weighted by molar-refractivity contribution is 5.94. The molecule has 8 heteroatoms. The van der Waals surface area contributed by atoms with Gasteiger partial charge in [-0.15, -0.1) is 0 Å². The fraction of sp³-hybridized carbons (Fsp3) is 0. The molecule has 8 nitrogen and oxygen atoms in total. The van der Waals surface area contributed by atoms with E-state index in [1.165, 1.54) is 12.1 Å². The van der Waals surface area contributed by atoms with Crippen molar-refractivity contribution >= 4 is 23.3 Å². The topological polar surface area (TPSA) is 151 Å². The van der Waals surface area contributed by atoms with Crippen molar-refractivity contribution in [2.24, 2.45) is 11.7 Å². The third-order valence-corrected chi connectivity index (χ3v) is 2.63. The Kier molecular flexibility index (Phi) is 6.35. The molecule has 0 aliphatic carbocycles. The predicted molar refractivity (Wildman–Crippen MR) is 82.4 cm³/mol. The molecule has 0 saturated heterocycles. The Labute approximate surface area is 126 Å². The van der Waals surface area contributed by atoms with Gasteiger partial charge in [0.1, 0.15) is 0 Å². The van der Waals surface area contributed by atoms with Crippen LogP contribution < -0.4 is 22.5 Å². The number of nitrogen functional groups attached to an aromatic ring is 2. The number of aromatic carboxylic acids is 2. The van der Waals surface area contributed by atoms with Gasteiger partial charge in [-0.1, -0.05) is 24.3 Å². The third-order valence-electron chi connectivity index (χ3n) is 2.63. The van der Waals surface area contributed by atoms with Gasteiger partial charge in [-0.2, -0.15) is 0 Å². The Hall–Kier alpha value is -3.10. The van der Waals surface area contributed by atoms with Gasteiger partial charge in [0.2, 0.25) is 0 Å². The van der Waals surface area contributed by atoms with Gasteiger partial charge >= 0.3 is 11.9 Å². The third kappa shape index (κ3) is 4.47. The highest BCUT2D eigenvalue weighted by atomic mass is 16.4. The number of nitrogens with two attached hydrogens (primary N) is 2. The highest BCUT2D eigenvalue weighted by Gasteiger charge is 2.06. The molecule has 0 saturated carbocycles. The minimum absolute atomic E-state index is 0.176. The lowest BCUT2D eigenvalue weighted by Crippen LogP contribution is -2.11. The van der Waals surface area contributed by atoms with Crippen LogP contribution >= 0.6 is 0 Å². The highest BCUT2D eigenvalue weighted by Crippen LogP contribution is 2.13. The summed E-state index contributed by atoms with van der Waals surface area (Å²) in [6.45, 7) is 0. The van der Waals surface area contributed by atoms with Gasteiger partial charge in [-0.3, -0.25) is 11.7 Å². The molecular weight excluding hydrogens is 288 g/mol. The molecule has 0 amide bonds. The average molecular weight is 304 g/mol. The van der Waals surface area contributed by atoms with Crippen molar-refractivity contribution in [2.45, 2.75) is 0 Å². The zero-order valence-electron chi connectivity index (χ0n) is 11.5. The van der Waals surface area contributed by atoms with E-state index in [2.05, 4.69) is 10.9 Å². The van der Waals surface area contributed by atoms with Gasteiger partial charge in [0.15, 0.2) is 0 Å². The lowest BCUT2D eigenvalue weighted by atomic mass is 10.2. The monoisotopic (exact) mass is 304 g/mol. The van der Waals surface area contributed by atoms with Crippen molar-refractivity contribution in [1.29, 1.82) is 0 Å². The first-order valence-corrected chi connectivity index (χ1v) is 6.09. The molecule has 2 aromatic carbocycles. The number of carboxylic acid groups (broad SMARTS) is 2. The normalized spacial score (nSPS) is 9.18. The summed E-state index contributed by atoms with van der Waals surface area (Å²) in [5, 5.41) is 17.2. The summed E-state index contributed by atoms with van der Waals surface area (Å²) < 4.78 is 0. The van der Waals surface area contributed by atoms with E-state index in [4.69, 9.17) is 21.9 Å². The number of carbonyl (C=O) groups is 2. The van der Waals surface area contributed by atoms with Crippen LogP contribution in [0.4, 0.5) is 11.4 Å². The van der Waals surface area contributed by atoms with Crippen LogP contribution in [0, 0.1) is 0 Å². The van der Waals surface area contributed by atoms with E-state index in [1.807, 2.05) is 0 Å². The summed E-state index contributed by atoms with van der Waals surface area (Å²) in [5.41, 5.74) is 5.78. The Bertz CT molecular complexity index is 603. The number of carboxylic acids is 2. The molecule has 0 aliphatic rings. The van der Waals surface area contributed by atoms with E-state index in [1.54, 1.807) is 36.4 Å². The minimum atomic E-state index is -0.987. The van der Waals surface area contributed by atoms with E-state index in [-0.39, 0.29) is 11.1 Å². The standard InChI is InChI=1S/2C7H8N2O2/c2*8-9-6-4-2-1-3-5(6)7(10)11/h2*1-4,9H,8H2,(H,10,11). The fourth-order valence-electron chi connectivity index (χ4n) is 1.59. The molecular formula is C14H16N4O4. The smallest absolute Gasteiger partial charge is 0.337 e. The van der Waals surface area contributed by atoms with Crippen molar-refractivity contribution in [3.05, 3.63) is 59.7 Å². The SMILES string of the molecule is NNc1ccccc1C(=O)O.NNc1ccccc1C(=O)O. The maximum absolute atomic E-state index is 10.5. The maximum Gasteiger partial charge on any atom is 0.337 e. The second kappa shape index (κ2) is 8.25. The van der Waals surface area contributed by atoms with Crippen LogP contribution in [0.3, 0.4) is 0 Å². The van der Waals surface area contributed by atoms with Crippen LogP contribution in [0.2, 0.25) is 0 Å². The van der Waals surface area contributed by atoms with Crippen LogP contribution in [0.15, 0.2) is 48.5 Å². The maximum atomic E-state index is 10.5. The molecule has 0 unspecified atom stereocenters. The Balaban J connectivity index is 0.000000220. The molecule has 0 aliphatic heterocycles. The van der Waals surface area contributed by atoms with Gasteiger partial charge < -0.3 is 21.1 Å². The summed E-state index contributed by atoms with van der Waals surface area (Å²) in [5.74, 6) is 8.18. The molecule has 0 spiro atoms. The van der Waals surface area contributed by atoms with E-state index < -0.39 is 11.9 Å². The fourth-order valence-corrected chi connectivity index (χ4v) is 1.59.